The summed E-state index contributed by atoms with van der Waals surface area (Å²) in [6.07, 6.45) is 5.01. The van der Waals surface area contributed by atoms with Crippen LogP contribution >= 0.6 is 0 Å². The van der Waals surface area contributed by atoms with Crippen molar-refractivity contribution in [1.82, 2.24) is 10.6 Å². The van der Waals surface area contributed by atoms with Crippen LogP contribution < -0.4 is 10.6 Å². The molecule has 0 heterocycles. The maximum absolute atomic E-state index is 11.5. The van der Waals surface area contributed by atoms with Crippen molar-refractivity contribution in [2.24, 2.45) is 5.41 Å². The molecule has 5 nitrogen and oxygen atoms in total. The SMILES string of the molecule is COC(=O)C(CNCC1(C)CCCC1)NC(C)=O. The van der Waals surface area contributed by atoms with Crippen LogP contribution in [0, 0.1) is 5.41 Å². The molecule has 1 atom stereocenters. The molecule has 18 heavy (non-hydrogen) atoms. The Morgan fingerprint density at radius 2 is 1.94 bits per heavy atom. The molecule has 1 unspecified atom stereocenters. The molecule has 2 N–H and O–H groups in total. The number of rotatable bonds is 6. The van der Waals surface area contributed by atoms with Crippen LogP contribution in [0.4, 0.5) is 0 Å². The van der Waals surface area contributed by atoms with Crippen molar-refractivity contribution in [3.8, 4) is 0 Å². The van der Waals surface area contributed by atoms with E-state index >= 15 is 0 Å². The number of methoxy groups -OCH3 is 1. The molecule has 1 amide bonds. The van der Waals surface area contributed by atoms with Gasteiger partial charge in [-0.3, -0.25) is 4.79 Å². The summed E-state index contributed by atoms with van der Waals surface area (Å²) in [7, 11) is 1.33. The van der Waals surface area contributed by atoms with Crippen LogP contribution in [0.2, 0.25) is 0 Å². The Kier molecular flexibility index (Phi) is 5.59. The number of nitrogens with one attached hydrogen (secondary N) is 2. The predicted octanol–water partition coefficient (Wildman–Crippen LogP) is 0.834. The lowest BCUT2D eigenvalue weighted by Gasteiger charge is -2.25. The van der Waals surface area contributed by atoms with Gasteiger partial charge in [-0.05, 0) is 18.3 Å². The largest absolute Gasteiger partial charge is 0.467 e. The molecule has 0 spiro atoms. The minimum Gasteiger partial charge on any atom is -0.467 e. The minimum absolute atomic E-state index is 0.223. The third-order valence-corrected chi connectivity index (χ3v) is 3.57. The maximum atomic E-state index is 11.5. The van der Waals surface area contributed by atoms with Crippen LogP contribution in [0.25, 0.3) is 0 Å². The monoisotopic (exact) mass is 256 g/mol. The molecule has 104 valence electrons. The number of hydrogen-bond acceptors (Lipinski definition) is 4. The van der Waals surface area contributed by atoms with Gasteiger partial charge < -0.3 is 15.4 Å². The van der Waals surface area contributed by atoms with E-state index in [4.69, 9.17) is 0 Å². The summed E-state index contributed by atoms with van der Waals surface area (Å²) in [6.45, 7) is 4.95. The van der Waals surface area contributed by atoms with Gasteiger partial charge >= 0.3 is 5.97 Å². The molecule has 0 bridgehead atoms. The van der Waals surface area contributed by atoms with E-state index in [0.717, 1.165) is 6.54 Å². The Labute approximate surface area is 109 Å². The summed E-state index contributed by atoms with van der Waals surface area (Å²) >= 11 is 0. The van der Waals surface area contributed by atoms with Gasteiger partial charge in [0.1, 0.15) is 6.04 Å². The third kappa shape index (κ3) is 4.64. The number of ether oxygens (including phenoxy) is 1. The van der Waals surface area contributed by atoms with Gasteiger partial charge in [-0.15, -0.1) is 0 Å². The van der Waals surface area contributed by atoms with Crippen LogP contribution in [0.1, 0.15) is 39.5 Å². The van der Waals surface area contributed by atoms with E-state index in [1.54, 1.807) is 0 Å². The molecular weight excluding hydrogens is 232 g/mol. The van der Waals surface area contributed by atoms with Gasteiger partial charge in [0.05, 0.1) is 7.11 Å². The molecule has 5 heteroatoms. The summed E-state index contributed by atoms with van der Waals surface area (Å²) in [5.74, 6) is -0.631. The summed E-state index contributed by atoms with van der Waals surface area (Å²) < 4.78 is 4.67. The van der Waals surface area contributed by atoms with Gasteiger partial charge in [-0.2, -0.15) is 0 Å². The van der Waals surface area contributed by atoms with Gasteiger partial charge in [-0.25, -0.2) is 4.79 Å². The van der Waals surface area contributed by atoms with Crippen LogP contribution in [0.5, 0.6) is 0 Å². The highest BCUT2D eigenvalue weighted by Gasteiger charge is 2.29. The fourth-order valence-electron chi connectivity index (χ4n) is 2.50. The molecule has 1 fully saturated rings. The second-order valence-electron chi connectivity index (χ2n) is 5.42. The van der Waals surface area contributed by atoms with E-state index in [9.17, 15) is 9.59 Å². The van der Waals surface area contributed by atoms with E-state index in [0.29, 0.717) is 12.0 Å². The van der Waals surface area contributed by atoms with E-state index in [-0.39, 0.29) is 5.91 Å². The summed E-state index contributed by atoms with van der Waals surface area (Å²) in [4.78, 5) is 22.5. The zero-order valence-corrected chi connectivity index (χ0v) is 11.5. The van der Waals surface area contributed by atoms with Gasteiger partial charge in [0.15, 0.2) is 0 Å². The number of carbonyl (C=O) groups excluding carboxylic acids is 2. The van der Waals surface area contributed by atoms with Crippen LogP contribution in [0.15, 0.2) is 0 Å². The number of carbonyl (C=O) groups is 2. The van der Waals surface area contributed by atoms with Gasteiger partial charge in [0.2, 0.25) is 5.91 Å². The first-order valence-corrected chi connectivity index (χ1v) is 6.52. The molecule has 0 saturated heterocycles. The Bertz CT molecular complexity index is 299. The first-order valence-electron chi connectivity index (χ1n) is 6.52. The lowest BCUT2D eigenvalue weighted by molar-refractivity contribution is -0.144. The lowest BCUT2D eigenvalue weighted by Crippen LogP contribution is -2.48. The van der Waals surface area contributed by atoms with Crippen LogP contribution in [0.3, 0.4) is 0 Å². The smallest absolute Gasteiger partial charge is 0.329 e. The zero-order chi connectivity index (χ0) is 13.6. The quantitative estimate of drug-likeness (QED) is 0.691. The normalized spacial score (nSPS) is 19.3. The lowest BCUT2D eigenvalue weighted by atomic mass is 9.89. The average molecular weight is 256 g/mol. The summed E-state index contributed by atoms with van der Waals surface area (Å²) in [5.41, 5.74) is 0.330. The second kappa shape index (κ2) is 6.73. The molecule has 0 radical (unpaired) electrons. The van der Waals surface area contributed by atoms with Crippen molar-refractivity contribution in [2.75, 3.05) is 20.2 Å². The second-order valence-corrected chi connectivity index (χ2v) is 5.42. The molecular formula is C13H24N2O3. The summed E-state index contributed by atoms with van der Waals surface area (Å²) in [6, 6.07) is -0.600. The molecule has 1 saturated carbocycles. The molecule has 0 aliphatic heterocycles. The zero-order valence-electron chi connectivity index (χ0n) is 11.5. The van der Waals surface area contributed by atoms with Crippen molar-refractivity contribution in [3.63, 3.8) is 0 Å². The molecule has 0 aromatic heterocycles. The van der Waals surface area contributed by atoms with E-state index in [1.165, 1.54) is 39.7 Å². The van der Waals surface area contributed by atoms with Crippen LogP contribution in [-0.4, -0.2) is 38.1 Å². The third-order valence-electron chi connectivity index (χ3n) is 3.57. The number of hydrogen-bond donors (Lipinski definition) is 2. The molecule has 0 aromatic rings. The molecule has 1 aliphatic rings. The van der Waals surface area contributed by atoms with E-state index < -0.39 is 12.0 Å². The fourth-order valence-corrected chi connectivity index (χ4v) is 2.50. The highest BCUT2D eigenvalue weighted by atomic mass is 16.5. The Hall–Kier alpha value is -1.10. The predicted molar refractivity (Wildman–Crippen MR) is 69.1 cm³/mol. The van der Waals surface area contributed by atoms with E-state index in [1.807, 2.05) is 0 Å². The van der Waals surface area contributed by atoms with Gasteiger partial charge in [-0.1, -0.05) is 19.8 Å². The van der Waals surface area contributed by atoms with Crippen molar-refractivity contribution in [3.05, 3.63) is 0 Å². The Balaban J connectivity index is 2.36. The summed E-state index contributed by atoms with van der Waals surface area (Å²) in [5, 5.41) is 5.87. The Morgan fingerprint density at radius 1 is 1.33 bits per heavy atom. The average Bonchev–Trinajstić information content (AvgIpc) is 2.73. The number of amides is 1. The number of esters is 1. The van der Waals surface area contributed by atoms with Crippen molar-refractivity contribution in [1.29, 1.82) is 0 Å². The van der Waals surface area contributed by atoms with Gasteiger partial charge in [0, 0.05) is 20.0 Å². The maximum Gasteiger partial charge on any atom is 0.329 e. The van der Waals surface area contributed by atoms with Crippen molar-refractivity contribution >= 4 is 11.9 Å². The molecule has 0 aromatic carbocycles. The Morgan fingerprint density at radius 3 is 2.44 bits per heavy atom. The first kappa shape index (κ1) is 15.0. The van der Waals surface area contributed by atoms with Crippen molar-refractivity contribution < 1.29 is 14.3 Å². The first-order chi connectivity index (χ1) is 8.47. The van der Waals surface area contributed by atoms with Crippen molar-refractivity contribution in [2.45, 2.75) is 45.6 Å². The van der Waals surface area contributed by atoms with Crippen LogP contribution in [-0.2, 0) is 14.3 Å². The van der Waals surface area contributed by atoms with Gasteiger partial charge in [0.25, 0.3) is 0 Å². The fraction of sp³-hybridized carbons (Fsp3) is 0.846. The standard InChI is InChI=1S/C13H24N2O3/c1-10(16)15-11(12(17)18-3)8-14-9-13(2)6-4-5-7-13/h11,14H,4-9H2,1-3H3,(H,15,16). The topological polar surface area (TPSA) is 67.4 Å². The highest BCUT2D eigenvalue weighted by Crippen LogP contribution is 2.36. The molecule has 1 rings (SSSR count). The van der Waals surface area contributed by atoms with E-state index in [2.05, 4.69) is 22.3 Å². The molecule has 1 aliphatic carbocycles. The highest BCUT2D eigenvalue weighted by molar-refractivity contribution is 5.83. The minimum atomic E-state index is -0.600.